The zero-order chi connectivity index (χ0) is 24.5. The van der Waals surface area contributed by atoms with Crippen molar-refractivity contribution in [2.24, 2.45) is 0 Å². The number of amides is 1. The molecule has 1 saturated heterocycles. The van der Waals surface area contributed by atoms with Gasteiger partial charge in [-0.3, -0.25) is 0 Å². The van der Waals surface area contributed by atoms with E-state index in [-0.39, 0.29) is 12.1 Å². The van der Waals surface area contributed by atoms with Crippen LogP contribution in [0.2, 0.25) is 0 Å². The van der Waals surface area contributed by atoms with Gasteiger partial charge in [-0.2, -0.15) is 18.4 Å². The van der Waals surface area contributed by atoms with Gasteiger partial charge < -0.3 is 19.4 Å². The Hall–Kier alpha value is -2.51. The Balaban J connectivity index is 2.42. The second kappa shape index (κ2) is 8.79. The van der Waals surface area contributed by atoms with Crippen LogP contribution in [0.3, 0.4) is 0 Å². The van der Waals surface area contributed by atoms with Gasteiger partial charge >= 0.3 is 19.4 Å². The molecular weight excluding hydrogens is 424 g/mol. The van der Waals surface area contributed by atoms with Crippen LogP contribution >= 0.6 is 0 Å². The highest BCUT2D eigenvalue weighted by molar-refractivity contribution is 6.56. The van der Waals surface area contributed by atoms with Crippen LogP contribution in [0, 0.1) is 11.3 Å². The maximum absolute atomic E-state index is 13.4. The molecule has 10 heteroatoms. The molecule has 0 radical (unpaired) electrons. The quantitative estimate of drug-likeness (QED) is 0.642. The lowest BCUT2D eigenvalue weighted by Crippen LogP contribution is -2.41. The lowest BCUT2D eigenvalue weighted by Gasteiger charge is -2.32. The molecule has 0 atom stereocenters. The van der Waals surface area contributed by atoms with Crippen LogP contribution in [0.1, 0.15) is 65.2 Å². The average molecular weight is 452 g/mol. The van der Waals surface area contributed by atoms with Crippen molar-refractivity contribution < 1.29 is 32.0 Å². The third kappa shape index (κ3) is 6.27. The number of alkyl carbamates (subject to hydrolysis) is 1. The highest BCUT2D eigenvalue weighted by Gasteiger charge is 2.52. The minimum absolute atomic E-state index is 0.0763. The third-order valence-corrected chi connectivity index (χ3v) is 5.21. The van der Waals surface area contributed by atoms with Gasteiger partial charge in [0.15, 0.2) is 0 Å². The predicted molar refractivity (Wildman–Crippen MR) is 114 cm³/mol. The molecule has 0 saturated carbocycles. The van der Waals surface area contributed by atoms with Crippen LogP contribution < -0.4 is 5.32 Å². The van der Waals surface area contributed by atoms with E-state index < -0.39 is 47.3 Å². The summed E-state index contributed by atoms with van der Waals surface area (Å²) in [6.45, 7) is 12.4. The SMILES string of the molecule is CC(C)(C)OC(=O)NCC(=Cc1ccc(C#N)c(C(F)(F)F)c1)B1OC(C)(C)C(C)(C)O1. The van der Waals surface area contributed by atoms with Gasteiger partial charge in [-0.15, -0.1) is 0 Å². The number of nitrogens with zero attached hydrogens (tertiary/aromatic N) is 1. The smallest absolute Gasteiger partial charge is 0.444 e. The molecule has 0 bridgehead atoms. The molecule has 0 aliphatic carbocycles. The Morgan fingerprint density at radius 2 is 1.75 bits per heavy atom. The van der Waals surface area contributed by atoms with Gasteiger partial charge in [0.25, 0.3) is 0 Å². The molecule has 1 N–H and O–H groups in total. The molecular formula is C22H28BF3N2O4. The Bertz CT molecular complexity index is 928. The summed E-state index contributed by atoms with van der Waals surface area (Å²) in [5, 5.41) is 11.6. The van der Waals surface area contributed by atoms with Gasteiger partial charge in [0.1, 0.15) is 5.60 Å². The molecule has 1 aromatic rings. The topological polar surface area (TPSA) is 80.6 Å². The second-order valence-corrected chi connectivity index (χ2v) is 9.58. The number of hydrogen-bond donors (Lipinski definition) is 1. The summed E-state index contributed by atoms with van der Waals surface area (Å²) in [7, 11) is -0.903. The van der Waals surface area contributed by atoms with E-state index in [0.717, 1.165) is 12.1 Å². The highest BCUT2D eigenvalue weighted by atomic mass is 19.4. The van der Waals surface area contributed by atoms with E-state index in [1.807, 2.05) is 27.7 Å². The first-order valence-electron chi connectivity index (χ1n) is 10.1. The Labute approximate surface area is 186 Å². The normalized spacial score (nSPS) is 18.3. The fourth-order valence-corrected chi connectivity index (χ4v) is 2.88. The fourth-order valence-electron chi connectivity index (χ4n) is 2.88. The molecule has 1 aliphatic heterocycles. The summed E-state index contributed by atoms with van der Waals surface area (Å²) in [6.07, 6.45) is -3.92. The van der Waals surface area contributed by atoms with E-state index in [9.17, 15) is 18.0 Å². The van der Waals surface area contributed by atoms with Gasteiger partial charge in [0, 0.05) is 6.54 Å². The van der Waals surface area contributed by atoms with Crippen molar-refractivity contribution in [1.82, 2.24) is 5.32 Å². The van der Waals surface area contributed by atoms with Crippen molar-refractivity contribution in [3.63, 3.8) is 0 Å². The van der Waals surface area contributed by atoms with Crippen molar-refractivity contribution in [3.05, 3.63) is 40.4 Å². The highest BCUT2D eigenvalue weighted by Crippen LogP contribution is 2.39. The van der Waals surface area contributed by atoms with Crippen LogP contribution in [-0.2, 0) is 20.2 Å². The number of carbonyl (C=O) groups excluding carboxylic acids is 1. The number of alkyl halides is 3. The first kappa shape index (κ1) is 25.8. The van der Waals surface area contributed by atoms with E-state index in [1.165, 1.54) is 12.1 Å². The lowest BCUT2D eigenvalue weighted by molar-refractivity contribution is -0.137. The Morgan fingerprint density at radius 3 is 2.22 bits per heavy atom. The average Bonchev–Trinajstić information content (AvgIpc) is 2.83. The lowest BCUT2D eigenvalue weighted by atomic mass is 9.77. The molecule has 32 heavy (non-hydrogen) atoms. The number of benzene rings is 1. The number of halogens is 3. The van der Waals surface area contributed by atoms with E-state index in [1.54, 1.807) is 26.8 Å². The largest absolute Gasteiger partial charge is 0.492 e. The molecule has 0 aromatic heterocycles. The van der Waals surface area contributed by atoms with Crippen LogP contribution in [0.15, 0.2) is 23.7 Å². The summed E-state index contributed by atoms with van der Waals surface area (Å²) in [4.78, 5) is 12.1. The molecule has 1 amide bonds. The summed E-state index contributed by atoms with van der Waals surface area (Å²) in [6, 6.07) is 4.95. The monoisotopic (exact) mass is 452 g/mol. The molecule has 0 unspecified atom stereocenters. The molecule has 2 rings (SSSR count). The van der Waals surface area contributed by atoms with Crippen molar-refractivity contribution in [1.29, 1.82) is 5.26 Å². The summed E-state index contributed by atoms with van der Waals surface area (Å²) >= 11 is 0. The summed E-state index contributed by atoms with van der Waals surface area (Å²) in [5.41, 5.74) is -3.03. The second-order valence-electron chi connectivity index (χ2n) is 9.58. The van der Waals surface area contributed by atoms with E-state index in [4.69, 9.17) is 19.3 Å². The number of hydrogen-bond acceptors (Lipinski definition) is 5. The van der Waals surface area contributed by atoms with E-state index in [0.29, 0.717) is 5.47 Å². The standard InChI is InChI=1S/C22H28BF3N2O4/c1-19(2,3)30-18(29)28-13-16(23-31-20(4,5)21(6,7)32-23)10-14-8-9-15(12-27)17(11-14)22(24,25)26/h8-11H,13H2,1-7H3,(H,28,29). The van der Waals surface area contributed by atoms with Crippen LogP contribution in [0.25, 0.3) is 6.08 Å². The van der Waals surface area contributed by atoms with Gasteiger partial charge in [-0.25, -0.2) is 4.79 Å². The van der Waals surface area contributed by atoms with E-state index in [2.05, 4.69) is 5.32 Å². The van der Waals surface area contributed by atoms with Crippen molar-refractivity contribution in [3.8, 4) is 6.07 Å². The maximum Gasteiger partial charge on any atom is 0.492 e. The molecule has 0 spiro atoms. The number of ether oxygens (including phenoxy) is 1. The van der Waals surface area contributed by atoms with Crippen molar-refractivity contribution in [2.75, 3.05) is 6.54 Å². The van der Waals surface area contributed by atoms with E-state index >= 15 is 0 Å². The van der Waals surface area contributed by atoms with Crippen LogP contribution in [-0.4, -0.2) is 36.6 Å². The van der Waals surface area contributed by atoms with Crippen LogP contribution in [0.5, 0.6) is 0 Å². The first-order valence-corrected chi connectivity index (χ1v) is 10.1. The van der Waals surface area contributed by atoms with Crippen molar-refractivity contribution in [2.45, 2.75) is 71.4 Å². The summed E-state index contributed by atoms with van der Waals surface area (Å²) < 4.78 is 57.4. The number of nitriles is 1. The van der Waals surface area contributed by atoms with Gasteiger partial charge in [0.05, 0.1) is 28.4 Å². The molecule has 6 nitrogen and oxygen atoms in total. The fraction of sp³-hybridized carbons (Fsp3) is 0.545. The molecule has 1 aliphatic rings. The van der Waals surface area contributed by atoms with Crippen molar-refractivity contribution >= 4 is 19.3 Å². The summed E-state index contributed by atoms with van der Waals surface area (Å²) in [5.74, 6) is 0. The minimum Gasteiger partial charge on any atom is -0.444 e. The van der Waals surface area contributed by atoms with Gasteiger partial charge in [-0.1, -0.05) is 12.1 Å². The maximum atomic E-state index is 13.4. The Morgan fingerprint density at radius 1 is 1.19 bits per heavy atom. The zero-order valence-corrected chi connectivity index (χ0v) is 19.3. The Kier molecular flexibility index (Phi) is 7.08. The number of carbonyl (C=O) groups is 1. The molecule has 1 heterocycles. The number of rotatable bonds is 4. The number of nitrogens with one attached hydrogen (secondary N) is 1. The molecule has 174 valence electrons. The van der Waals surface area contributed by atoms with Gasteiger partial charge in [-0.05, 0) is 71.6 Å². The van der Waals surface area contributed by atoms with Crippen LogP contribution in [0.4, 0.5) is 18.0 Å². The first-order chi connectivity index (χ1) is 14.4. The van der Waals surface area contributed by atoms with Gasteiger partial charge in [0.2, 0.25) is 0 Å². The third-order valence-electron chi connectivity index (χ3n) is 5.21. The minimum atomic E-state index is -4.69. The molecule has 1 aromatic carbocycles. The zero-order valence-electron chi connectivity index (χ0n) is 19.3. The predicted octanol–water partition coefficient (Wildman–Crippen LogP) is 5.12. The molecule has 1 fully saturated rings.